The molecule has 2 saturated heterocycles. The molecule has 0 saturated carbocycles. The summed E-state index contributed by atoms with van der Waals surface area (Å²) in [6.07, 6.45) is 7.62. The van der Waals surface area contributed by atoms with Gasteiger partial charge in [0.2, 0.25) is 11.8 Å². The van der Waals surface area contributed by atoms with Gasteiger partial charge in [-0.25, -0.2) is 0 Å². The predicted octanol–water partition coefficient (Wildman–Crippen LogP) is 2.88. The van der Waals surface area contributed by atoms with Gasteiger partial charge in [0.1, 0.15) is 0 Å². The van der Waals surface area contributed by atoms with Crippen LogP contribution in [-0.2, 0) is 17.8 Å². The molecule has 25 heavy (non-hydrogen) atoms. The molecule has 0 aliphatic carbocycles. The topological polar surface area (TPSA) is 62.5 Å². The largest absolute Gasteiger partial charge is 0.342 e. The number of nitrogens with zero attached hydrogens (tertiary/aromatic N) is 4. The highest BCUT2D eigenvalue weighted by molar-refractivity contribution is 5.79. The first kappa shape index (κ1) is 18.4. The number of aromatic nitrogens is 2. The van der Waals surface area contributed by atoms with Gasteiger partial charge >= 0.3 is 0 Å². The third kappa shape index (κ3) is 5.27. The molecule has 3 rings (SSSR count). The highest BCUT2D eigenvalue weighted by Gasteiger charge is 2.29. The van der Waals surface area contributed by atoms with Crippen LogP contribution in [0.1, 0.15) is 64.1 Å². The van der Waals surface area contributed by atoms with Gasteiger partial charge in [0.25, 0.3) is 0 Å². The minimum Gasteiger partial charge on any atom is -0.342 e. The van der Waals surface area contributed by atoms with E-state index >= 15 is 0 Å². The zero-order chi connectivity index (χ0) is 17.6. The molecular formula is C19H32N4O2. The second-order valence-electron chi connectivity index (χ2n) is 7.99. The summed E-state index contributed by atoms with van der Waals surface area (Å²) in [4.78, 5) is 21.7. The van der Waals surface area contributed by atoms with Gasteiger partial charge in [0, 0.05) is 25.4 Å². The molecule has 0 spiro atoms. The lowest BCUT2D eigenvalue weighted by molar-refractivity contribution is -0.137. The molecule has 2 fully saturated rings. The zero-order valence-electron chi connectivity index (χ0n) is 15.7. The minimum atomic E-state index is 0.202. The molecule has 140 valence electrons. The fourth-order valence-corrected chi connectivity index (χ4v) is 3.88. The Bertz CT molecular complexity index is 541. The van der Waals surface area contributed by atoms with Crippen molar-refractivity contribution in [2.45, 2.75) is 65.3 Å². The molecule has 0 bridgehead atoms. The molecule has 0 aromatic carbocycles. The first-order valence-electron chi connectivity index (χ1n) is 9.94. The highest BCUT2D eigenvalue weighted by Crippen LogP contribution is 2.22. The van der Waals surface area contributed by atoms with E-state index in [0.717, 1.165) is 51.3 Å². The summed E-state index contributed by atoms with van der Waals surface area (Å²) in [6, 6.07) is 0. The maximum Gasteiger partial charge on any atom is 0.240 e. The number of amides is 1. The summed E-state index contributed by atoms with van der Waals surface area (Å²) in [6.45, 7) is 8.80. The molecule has 2 aliphatic heterocycles. The Hall–Kier alpha value is -1.43. The number of rotatable bonds is 5. The van der Waals surface area contributed by atoms with Crippen LogP contribution in [0.15, 0.2) is 4.52 Å². The summed E-state index contributed by atoms with van der Waals surface area (Å²) in [7, 11) is 0. The number of piperidine rings is 1. The molecule has 0 N–H and O–H groups in total. The number of carbonyl (C=O) groups is 1. The average Bonchev–Trinajstić information content (AvgIpc) is 2.85. The van der Waals surface area contributed by atoms with Crippen LogP contribution in [0.3, 0.4) is 0 Å². The molecule has 6 nitrogen and oxygen atoms in total. The lowest BCUT2D eigenvalue weighted by Crippen LogP contribution is -2.42. The molecule has 2 aliphatic rings. The predicted molar refractivity (Wildman–Crippen MR) is 95.9 cm³/mol. The number of likely N-dealkylation sites (tertiary alicyclic amines) is 2. The highest BCUT2D eigenvalue weighted by atomic mass is 16.5. The summed E-state index contributed by atoms with van der Waals surface area (Å²) < 4.78 is 5.37. The van der Waals surface area contributed by atoms with Crippen molar-refractivity contribution in [1.82, 2.24) is 19.9 Å². The Kier molecular flexibility index (Phi) is 6.45. The van der Waals surface area contributed by atoms with Gasteiger partial charge in [-0.2, -0.15) is 4.98 Å². The summed E-state index contributed by atoms with van der Waals surface area (Å²) in [5, 5.41) is 4.06. The van der Waals surface area contributed by atoms with Crippen molar-refractivity contribution >= 4 is 5.91 Å². The number of hydrogen-bond acceptors (Lipinski definition) is 5. The summed E-state index contributed by atoms with van der Waals surface area (Å²) in [5.74, 6) is 2.63. The second kappa shape index (κ2) is 8.79. The van der Waals surface area contributed by atoms with E-state index in [1.165, 1.54) is 25.7 Å². The minimum absolute atomic E-state index is 0.202. The van der Waals surface area contributed by atoms with Crippen LogP contribution in [0.25, 0.3) is 0 Å². The van der Waals surface area contributed by atoms with Gasteiger partial charge < -0.3 is 9.42 Å². The molecule has 1 amide bonds. The fourth-order valence-electron chi connectivity index (χ4n) is 3.88. The normalized spacial score (nSPS) is 20.8. The van der Waals surface area contributed by atoms with Crippen molar-refractivity contribution in [3.05, 3.63) is 11.7 Å². The first-order chi connectivity index (χ1) is 12.1. The van der Waals surface area contributed by atoms with Crippen LogP contribution >= 0.6 is 0 Å². The van der Waals surface area contributed by atoms with Crippen molar-refractivity contribution in [2.24, 2.45) is 11.8 Å². The first-order valence-corrected chi connectivity index (χ1v) is 9.94. The molecule has 0 unspecified atom stereocenters. The van der Waals surface area contributed by atoms with E-state index in [0.29, 0.717) is 24.3 Å². The zero-order valence-corrected chi connectivity index (χ0v) is 15.7. The molecular weight excluding hydrogens is 316 g/mol. The van der Waals surface area contributed by atoms with Gasteiger partial charge in [0.15, 0.2) is 5.82 Å². The third-order valence-corrected chi connectivity index (χ3v) is 5.31. The number of hydrogen-bond donors (Lipinski definition) is 0. The van der Waals surface area contributed by atoms with Crippen LogP contribution in [-0.4, -0.2) is 52.0 Å². The van der Waals surface area contributed by atoms with Crippen molar-refractivity contribution in [1.29, 1.82) is 0 Å². The van der Waals surface area contributed by atoms with Crippen LogP contribution in [0.4, 0.5) is 0 Å². The average molecular weight is 348 g/mol. The van der Waals surface area contributed by atoms with E-state index in [2.05, 4.69) is 33.8 Å². The van der Waals surface area contributed by atoms with E-state index in [1.807, 2.05) is 0 Å². The molecule has 1 aromatic heterocycles. The van der Waals surface area contributed by atoms with Crippen molar-refractivity contribution in [3.63, 3.8) is 0 Å². The lowest BCUT2D eigenvalue weighted by atomic mass is 9.95. The van der Waals surface area contributed by atoms with Crippen LogP contribution in [0.5, 0.6) is 0 Å². The Morgan fingerprint density at radius 3 is 2.44 bits per heavy atom. The molecule has 6 heteroatoms. The molecule has 1 aromatic rings. The number of carbonyl (C=O) groups excluding carboxylic acids is 1. The third-order valence-electron chi connectivity index (χ3n) is 5.31. The van der Waals surface area contributed by atoms with Crippen molar-refractivity contribution < 1.29 is 9.32 Å². The van der Waals surface area contributed by atoms with Crippen molar-refractivity contribution in [2.75, 3.05) is 26.2 Å². The van der Waals surface area contributed by atoms with Crippen LogP contribution < -0.4 is 0 Å². The van der Waals surface area contributed by atoms with Gasteiger partial charge in [-0.1, -0.05) is 31.8 Å². The molecule has 0 radical (unpaired) electrons. The monoisotopic (exact) mass is 348 g/mol. The Labute approximate surface area is 150 Å². The van der Waals surface area contributed by atoms with Crippen LogP contribution in [0, 0.1) is 11.8 Å². The maximum atomic E-state index is 12.7. The smallest absolute Gasteiger partial charge is 0.240 e. The van der Waals surface area contributed by atoms with Gasteiger partial charge in [-0.3, -0.25) is 9.69 Å². The van der Waals surface area contributed by atoms with Crippen molar-refractivity contribution in [3.8, 4) is 0 Å². The Morgan fingerprint density at radius 2 is 1.80 bits per heavy atom. The maximum absolute atomic E-state index is 12.7. The lowest BCUT2D eigenvalue weighted by Gasteiger charge is -2.33. The van der Waals surface area contributed by atoms with Gasteiger partial charge in [0.05, 0.1) is 6.54 Å². The quantitative estimate of drug-likeness (QED) is 0.819. The summed E-state index contributed by atoms with van der Waals surface area (Å²) >= 11 is 0. The summed E-state index contributed by atoms with van der Waals surface area (Å²) in [5.41, 5.74) is 0. The van der Waals surface area contributed by atoms with E-state index in [9.17, 15) is 4.79 Å². The van der Waals surface area contributed by atoms with Crippen LogP contribution in [0.2, 0.25) is 0 Å². The van der Waals surface area contributed by atoms with E-state index in [4.69, 9.17) is 4.52 Å². The molecule has 0 atom stereocenters. The molecule has 3 heterocycles. The SMILES string of the molecule is CC(C)Cc1noc(CN2CCC(C(=O)N3CCCCCC3)CC2)n1. The van der Waals surface area contributed by atoms with Gasteiger partial charge in [-0.05, 0) is 44.7 Å². The Balaban J connectivity index is 1.45. The standard InChI is InChI=1S/C19H32N4O2/c1-15(2)13-17-20-18(25-21-17)14-22-11-7-16(8-12-22)19(24)23-9-5-3-4-6-10-23/h15-16H,3-14H2,1-2H3. The fraction of sp³-hybridized carbons (Fsp3) is 0.842. The van der Waals surface area contributed by atoms with E-state index in [1.54, 1.807) is 0 Å². The Morgan fingerprint density at radius 1 is 1.12 bits per heavy atom. The van der Waals surface area contributed by atoms with E-state index in [-0.39, 0.29) is 5.92 Å². The second-order valence-corrected chi connectivity index (χ2v) is 7.99. The van der Waals surface area contributed by atoms with E-state index < -0.39 is 0 Å². The van der Waals surface area contributed by atoms with Gasteiger partial charge in [-0.15, -0.1) is 0 Å².